The number of ether oxygens (including phenoxy) is 2. The third kappa shape index (κ3) is 10.8. The van der Waals surface area contributed by atoms with Crippen molar-refractivity contribution in [1.82, 2.24) is 29.5 Å². The third-order valence-corrected chi connectivity index (χ3v) is 11.6. The highest BCUT2D eigenvalue weighted by atomic mass is 32.2. The van der Waals surface area contributed by atoms with E-state index in [-0.39, 0.29) is 28.7 Å². The van der Waals surface area contributed by atoms with Crippen molar-refractivity contribution in [2.45, 2.75) is 95.2 Å². The molecule has 12 nitrogen and oxygen atoms in total. The molecule has 0 saturated carbocycles. The zero-order valence-corrected chi connectivity index (χ0v) is 33.1. The van der Waals surface area contributed by atoms with Gasteiger partial charge < -0.3 is 30.8 Å². The summed E-state index contributed by atoms with van der Waals surface area (Å²) < 4.78 is 41.4. The summed E-state index contributed by atoms with van der Waals surface area (Å²) in [5, 5.41) is 7.61. The molecule has 2 aliphatic heterocycles. The molecule has 2 aliphatic rings. The zero-order chi connectivity index (χ0) is 38.2. The van der Waals surface area contributed by atoms with Crippen LogP contribution in [0.1, 0.15) is 77.6 Å². The van der Waals surface area contributed by atoms with E-state index in [1.807, 2.05) is 42.6 Å². The van der Waals surface area contributed by atoms with Crippen LogP contribution in [0.3, 0.4) is 0 Å². The lowest BCUT2D eigenvalue weighted by molar-refractivity contribution is -0.0940. The molecule has 0 bridgehead atoms. The van der Waals surface area contributed by atoms with E-state index in [0.29, 0.717) is 50.0 Å². The number of aromatic nitrogens is 3. The molecule has 290 valence electrons. The Kier molecular flexibility index (Phi) is 13.7. The number of nitrogens with one attached hydrogen (secondary N) is 3. The fourth-order valence-corrected chi connectivity index (χ4v) is 8.13. The number of hydrogen-bond acceptors (Lipinski definition) is 9. The van der Waals surface area contributed by atoms with E-state index in [0.717, 1.165) is 61.2 Å². The summed E-state index contributed by atoms with van der Waals surface area (Å²) in [5.74, 6) is 0. The summed E-state index contributed by atoms with van der Waals surface area (Å²) in [6.07, 6.45) is 4.43. The number of aromatic amines is 1. The van der Waals surface area contributed by atoms with E-state index < -0.39 is 10.0 Å². The van der Waals surface area contributed by atoms with Crippen molar-refractivity contribution in [2.24, 2.45) is 5.73 Å². The molecule has 5 N–H and O–H groups in total. The van der Waals surface area contributed by atoms with Gasteiger partial charge in [0.1, 0.15) is 5.65 Å². The first-order valence-electron chi connectivity index (χ1n) is 18.8. The Labute approximate surface area is 314 Å². The molecule has 2 saturated heterocycles. The Morgan fingerprint density at radius 2 is 1.75 bits per heavy atom. The van der Waals surface area contributed by atoms with Crippen molar-refractivity contribution < 1.29 is 17.9 Å². The van der Waals surface area contributed by atoms with Crippen LogP contribution in [-0.2, 0) is 36.9 Å². The first-order chi connectivity index (χ1) is 25.2. The molecule has 0 aliphatic carbocycles. The first-order valence-corrected chi connectivity index (χ1v) is 20.3. The topological polar surface area (TPSA) is 157 Å². The van der Waals surface area contributed by atoms with Gasteiger partial charge in [-0.1, -0.05) is 65.8 Å². The Bertz CT molecular complexity index is 1920. The van der Waals surface area contributed by atoms with Crippen LogP contribution in [0, 0.1) is 0 Å². The molecule has 13 heteroatoms. The minimum Gasteiger partial charge on any atom is -0.376 e. The maximum Gasteiger partial charge on any atom is 0.354 e. The summed E-state index contributed by atoms with van der Waals surface area (Å²) >= 11 is 0. The maximum atomic E-state index is 13.5. The van der Waals surface area contributed by atoms with Gasteiger partial charge in [0, 0.05) is 48.4 Å². The van der Waals surface area contributed by atoms with Gasteiger partial charge in [-0.05, 0) is 85.8 Å². The maximum absolute atomic E-state index is 13.5. The second-order valence-electron chi connectivity index (χ2n) is 16.0. The highest BCUT2D eigenvalue weighted by Gasteiger charge is 2.35. The van der Waals surface area contributed by atoms with E-state index in [9.17, 15) is 13.2 Å². The number of hydrogen-bond donors (Lipinski definition) is 4. The van der Waals surface area contributed by atoms with E-state index in [2.05, 4.69) is 68.2 Å². The Hall–Kier alpha value is -3.43. The Balaban J connectivity index is 0.000000204. The molecule has 2 atom stereocenters. The largest absolute Gasteiger partial charge is 0.376 e. The lowest BCUT2D eigenvalue weighted by Gasteiger charge is -2.36. The number of benzene rings is 2. The van der Waals surface area contributed by atoms with Gasteiger partial charge in [-0.15, -0.1) is 0 Å². The summed E-state index contributed by atoms with van der Waals surface area (Å²) in [6, 6.07) is 17.3. The van der Waals surface area contributed by atoms with Gasteiger partial charge in [-0.3, -0.25) is 4.57 Å². The molecule has 6 rings (SSSR count). The summed E-state index contributed by atoms with van der Waals surface area (Å²) in [4.78, 5) is 20.2. The molecule has 0 radical (unpaired) electrons. The molecule has 53 heavy (non-hydrogen) atoms. The van der Waals surface area contributed by atoms with E-state index in [1.165, 1.54) is 5.56 Å². The molecule has 0 amide bonds. The molecule has 0 spiro atoms. The van der Waals surface area contributed by atoms with Crippen LogP contribution in [0.4, 0.5) is 0 Å². The fourth-order valence-electron chi connectivity index (χ4n) is 6.45. The Morgan fingerprint density at radius 3 is 2.36 bits per heavy atom. The lowest BCUT2D eigenvalue weighted by Crippen LogP contribution is -2.52. The van der Waals surface area contributed by atoms with Crippen molar-refractivity contribution >= 4 is 21.1 Å². The molecule has 2 unspecified atom stereocenters. The van der Waals surface area contributed by atoms with Crippen LogP contribution in [0.15, 0.2) is 70.5 Å². The lowest BCUT2D eigenvalue weighted by atomic mass is 9.87. The first kappa shape index (κ1) is 40.7. The van der Waals surface area contributed by atoms with Gasteiger partial charge in [0.2, 0.25) is 10.0 Å². The van der Waals surface area contributed by atoms with Crippen molar-refractivity contribution in [3.8, 4) is 5.69 Å². The standard InChI is InChI=1S/C20H27N5O.C20H32N2O4S/c1-20(2,3)17-11-15-13-25(19(26)24-18(15)23-17)16-7-5-14(6-8-16)12-22-10-4-9-21;1-20(2,3)16-6-8-19(9-7-16)27(23,24)22(17-5-4-10-21-13-17)14-18-15-25-11-12-26-18/h5-8,11,13,22H,4,9-10,12,21H2,1-3H3,(H,23,24,26);6-9,17-18,21H,4-5,10-15H2,1-3H3. The normalized spacial score (nSPS) is 18.6. The summed E-state index contributed by atoms with van der Waals surface area (Å²) in [7, 11) is -3.60. The van der Waals surface area contributed by atoms with Gasteiger partial charge in [0.05, 0.1) is 36.5 Å². The van der Waals surface area contributed by atoms with Crippen molar-refractivity contribution in [3.63, 3.8) is 0 Å². The van der Waals surface area contributed by atoms with Crippen molar-refractivity contribution in [1.29, 1.82) is 0 Å². The predicted molar refractivity (Wildman–Crippen MR) is 211 cm³/mol. The average molecular weight is 750 g/mol. The molecule has 2 fully saturated rings. The number of rotatable bonds is 11. The van der Waals surface area contributed by atoms with Gasteiger partial charge >= 0.3 is 5.69 Å². The number of sulfonamides is 1. The molecule has 2 aromatic heterocycles. The van der Waals surface area contributed by atoms with Gasteiger partial charge in [-0.2, -0.15) is 9.29 Å². The van der Waals surface area contributed by atoms with Crippen molar-refractivity contribution in [2.75, 3.05) is 52.5 Å². The number of piperidine rings is 1. The highest BCUT2D eigenvalue weighted by molar-refractivity contribution is 7.89. The zero-order valence-electron chi connectivity index (χ0n) is 32.3. The summed E-state index contributed by atoms with van der Waals surface area (Å²) in [6.45, 7) is 18.6. The highest BCUT2D eigenvalue weighted by Crippen LogP contribution is 2.28. The SMILES string of the molecule is CC(C)(C)c1cc2cn(-c3ccc(CNCCCN)cc3)c(=O)nc2[nH]1.CC(C)(C)c1ccc(S(=O)(=O)N(CC2COCCO2)C2CCCNC2)cc1. The molecule has 4 aromatic rings. The molecular formula is C40H59N7O5S. The number of fused-ring (bicyclic) bond motifs is 1. The smallest absolute Gasteiger partial charge is 0.354 e. The van der Waals surface area contributed by atoms with Gasteiger partial charge in [-0.25, -0.2) is 13.2 Å². The van der Waals surface area contributed by atoms with E-state index in [1.54, 1.807) is 21.0 Å². The van der Waals surface area contributed by atoms with Crippen LogP contribution < -0.4 is 22.1 Å². The van der Waals surface area contributed by atoms with Crippen LogP contribution in [0.5, 0.6) is 0 Å². The van der Waals surface area contributed by atoms with Crippen molar-refractivity contribution in [3.05, 3.63) is 88.1 Å². The number of H-pyrrole nitrogens is 1. The summed E-state index contributed by atoms with van der Waals surface area (Å²) in [5.41, 5.74) is 9.98. The fraction of sp³-hybridized carbons (Fsp3) is 0.550. The van der Waals surface area contributed by atoms with Crippen LogP contribution in [-0.4, -0.2) is 91.9 Å². The number of nitrogens with zero attached hydrogens (tertiary/aromatic N) is 3. The van der Waals surface area contributed by atoms with E-state index >= 15 is 0 Å². The minimum atomic E-state index is -3.60. The van der Waals surface area contributed by atoms with Crippen LogP contribution in [0.25, 0.3) is 16.7 Å². The van der Waals surface area contributed by atoms with Gasteiger partial charge in [0.25, 0.3) is 0 Å². The quantitative estimate of drug-likeness (QED) is 0.161. The molecule has 4 heterocycles. The van der Waals surface area contributed by atoms with Crippen LogP contribution in [0.2, 0.25) is 0 Å². The van der Waals surface area contributed by atoms with Crippen LogP contribution >= 0.6 is 0 Å². The monoisotopic (exact) mass is 749 g/mol. The van der Waals surface area contributed by atoms with E-state index in [4.69, 9.17) is 15.2 Å². The molecular weight excluding hydrogens is 691 g/mol. The second kappa shape index (κ2) is 17.8. The predicted octanol–water partition coefficient (Wildman–Crippen LogP) is 4.59. The molecule has 2 aromatic carbocycles. The second-order valence-corrected chi connectivity index (χ2v) is 17.9. The van der Waals surface area contributed by atoms with Gasteiger partial charge in [0.15, 0.2) is 0 Å². The number of nitrogens with two attached hydrogens (primary N) is 1. The minimum absolute atomic E-state index is 0.0114. The third-order valence-electron chi connectivity index (χ3n) is 9.69. The average Bonchev–Trinajstić information content (AvgIpc) is 3.57. The Morgan fingerprint density at radius 1 is 1.02 bits per heavy atom.